The molecule has 2 amide bonds. The van der Waals surface area contributed by atoms with Crippen LogP contribution in [-0.4, -0.2) is 64.1 Å². The highest BCUT2D eigenvalue weighted by Gasteiger charge is 2.46. The number of carbonyl (C=O) groups is 3. The van der Waals surface area contributed by atoms with Crippen molar-refractivity contribution in [3.8, 4) is 0 Å². The maximum absolute atomic E-state index is 13.1. The van der Waals surface area contributed by atoms with Crippen molar-refractivity contribution in [2.45, 2.75) is 99.7 Å². The first-order valence-electron chi connectivity index (χ1n) is 20.5. The molecule has 0 aromatic heterocycles. The first-order chi connectivity index (χ1) is 29.8. The monoisotopic (exact) mass is 930 g/mol. The molecule has 0 saturated heterocycles. The third kappa shape index (κ3) is 9.54. The van der Waals surface area contributed by atoms with Crippen molar-refractivity contribution in [3.63, 3.8) is 0 Å². The van der Waals surface area contributed by atoms with Gasteiger partial charge in [0.25, 0.3) is 0 Å². The molecule has 4 aliphatic heterocycles. The topological polar surface area (TPSA) is 200 Å². The molecule has 14 nitrogen and oxygen atoms in total. The van der Waals surface area contributed by atoms with Crippen molar-refractivity contribution in [2.75, 3.05) is 28.6 Å². The lowest BCUT2D eigenvalue weighted by Crippen LogP contribution is -2.31. The van der Waals surface area contributed by atoms with E-state index in [1.54, 1.807) is 12.1 Å². The van der Waals surface area contributed by atoms with Gasteiger partial charge in [0.2, 0.25) is 17.5 Å². The van der Waals surface area contributed by atoms with E-state index in [2.05, 4.69) is 43.3 Å². The molecule has 1 aliphatic carbocycles. The van der Waals surface area contributed by atoms with E-state index < -0.39 is 26.9 Å². The molecular formula is C45H46N4O10S4-2. The van der Waals surface area contributed by atoms with Crippen LogP contribution in [0.2, 0.25) is 0 Å². The van der Waals surface area contributed by atoms with Crippen molar-refractivity contribution in [1.29, 1.82) is 0 Å². The second-order valence-corrected chi connectivity index (χ2v) is 19.9. The zero-order valence-corrected chi connectivity index (χ0v) is 38.3. The molecule has 8 rings (SSSR count). The molecule has 0 saturated carbocycles. The zero-order chi connectivity index (χ0) is 45.4. The minimum Gasteiger partial charge on any atom is -0.778 e. The molecule has 3 aromatic carbocycles. The molecule has 4 bridgehead atoms. The summed E-state index contributed by atoms with van der Waals surface area (Å²) in [6, 6.07) is 14.4. The number of thiocarbonyl (C=S) groups is 1. The smallest absolute Gasteiger partial charge is 0.335 e. The highest BCUT2D eigenvalue weighted by molar-refractivity contribution is 7.94. The van der Waals surface area contributed by atoms with Crippen LogP contribution in [0.25, 0.3) is 0 Å². The van der Waals surface area contributed by atoms with Gasteiger partial charge in [0.05, 0.1) is 27.9 Å². The summed E-state index contributed by atoms with van der Waals surface area (Å²) in [6.45, 7) is 9.22. The summed E-state index contributed by atoms with van der Waals surface area (Å²) in [7, 11) is -4.74. The molecule has 0 spiro atoms. The number of hydrogen-bond acceptors (Lipinski definition) is 13. The largest absolute Gasteiger partial charge is 0.778 e. The maximum Gasteiger partial charge on any atom is 0.335 e. The predicted octanol–water partition coefficient (Wildman–Crippen LogP) is 7.40. The SMILES string of the molecule is CC1(C)C2=CC3=C([S-])C(=CC4=[N+](CCCCCC(=O)Nc5cc(cc(C(=O)O)c5)NC(=O)CCCCCN2c2ccc(S(=O)(=O)[O-])cc21)c1ccc(SOO[O-])cc1C4(C)C)C3=S. The van der Waals surface area contributed by atoms with Crippen LogP contribution in [0.3, 0.4) is 0 Å². The second-order valence-electron chi connectivity index (χ2n) is 17.0. The lowest BCUT2D eigenvalue weighted by molar-refractivity contribution is -0.777. The van der Waals surface area contributed by atoms with Crippen LogP contribution < -0.4 is 20.8 Å². The van der Waals surface area contributed by atoms with Crippen molar-refractivity contribution >= 4 is 98.1 Å². The number of anilines is 3. The van der Waals surface area contributed by atoms with E-state index in [1.165, 1.54) is 24.3 Å². The fourth-order valence-electron chi connectivity index (χ4n) is 8.75. The molecule has 0 atom stereocenters. The van der Waals surface area contributed by atoms with Gasteiger partial charge in [-0.3, -0.25) is 14.6 Å². The van der Waals surface area contributed by atoms with Crippen molar-refractivity contribution in [3.05, 3.63) is 105 Å². The van der Waals surface area contributed by atoms with E-state index in [-0.39, 0.29) is 46.5 Å². The number of nitrogens with one attached hydrogen (secondary N) is 2. The average Bonchev–Trinajstić information content (AvgIpc) is 3.56. The van der Waals surface area contributed by atoms with E-state index in [0.29, 0.717) is 77.4 Å². The molecule has 0 radical (unpaired) electrons. The average molecular weight is 931 g/mol. The molecule has 0 unspecified atom stereocenters. The highest BCUT2D eigenvalue weighted by Crippen LogP contribution is 2.50. The number of benzene rings is 3. The molecule has 332 valence electrons. The van der Waals surface area contributed by atoms with Gasteiger partial charge in [0.15, 0.2) is 5.71 Å². The summed E-state index contributed by atoms with van der Waals surface area (Å²) >= 11 is 13.0. The van der Waals surface area contributed by atoms with Gasteiger partial charge in [-0.2, -0.15) is 13.8 Å². The lowest BCUT2D eigenvalue weighted by Gasteiger charge is -2.35. The number of amides is 2. The molecule has 4 heterocycles. The van der Waals surface area contributed by atoms with Gasteiger partial charge in [-0.05, 0) is 111 Å². The van der Waals surface area contributed by atoms with Crippen LogP contribution in [0.1, 0.15) is 101 Å². The number of allylic oxidation sites excluding steroid dienone is 5. The second kappa shape index (κ2) is 18.4. The van der Waals surface area contributed by atoms with Crippen LogP contribution in [-0.2, 0) is 52.5 Å². The molecule has 18 heteroatoms. The normalized spacial score (nSPS) is 19.5. The van der Waals surface area contributed by atoms with Crippen LogP contribution in [0.5, 0.6) is 0 Å². The van der Waals surface area contributed by atoms with Gasteiger partial charge in [-0.25, -0.2) is 13.2 Å². The molecule has 3 aromatic rings. The first kappa shape index (κ1) is 46.2. The zero-order valence-electron chi connectivity index (χ0n) is 35.1. The Morgan fingerprint density at radius 1 is 0.889 bits per heavy atom. The Morgan fingerprint density at radius 2 is 1.56 bits per heavy atom. The van der Waals surface area contributed by atoms with Crippen LogP contribution in [0.15, 0.2) is 98.3 Å². The van der Waals surface area contributed by atoms with Gasteiger partial charge in [0, 0.05) is 81.4 Å². The van der Waals surface area contributed by atoms with Gasteiger partial charge >= 0.3 is 5.97 Å². The molecule has 0 fully saturated rings. The summed E-state index contributed by atoms with van der Waals surface area (Å²) < 4.78 is 43.3. The Kier molecular flexibility index (Phi) is 13.5. The minimum atomic E-state index is -4.74. The summed E-state index contributed by atoms with van der Waals surface area (Å²) in [5, 5.41) is 29.6. The molecule has 5 aliphatic rings. The van der Waals surface area contributed by atoms with Crippen molar-refractivity contribution < 1.29 is 51.7 Å². The minimum absolute atomic E-state index is 0.0842. The standard InChI is InChI=1S/C45H48N4O10S4/c1-44(2)33-22-29(62-59-58-54)13-15-35(33)48-17-9-5-7-11-39(50)46-27-19-26(43(52)53)20-28(21-27)47-40(51)12-8-6-10-18-49-36-16-14-30(63(55,56)57)23-34(36)45(3,4)38(49)25-32-41(60)31(42(32)61)24-37(44)48/h13-16,19-25H,5-12,17-18H2,1-4H3,(H5-,46,47,50,51,52,53,54,55,56,57,60)/p-2. The number of aromatic carboxylic acids is 1. The van der Waals surface area contributed by atoms with E-state index in [9.17, 15) is 37.7 Å². The van der Waals surface area contributed by atoms with Crippen LogP contribution >= 0.6 is 24.3 Å². The lowest BCUT2D eigenvalue weighted by atomic mass is 9.78. The number of carboxylic acid groups (broad SMARTS) is 1. The van der Waals surface area contributed by atoms with Gasteiger partial charge < -0.3 is 43.1 Å². The van der Waals surface area contributed by atoms with Gasteiger partial charge in [0.1, 0.15) is 16.7 Å². The number of fused-ring (bicyclic) bond motifs is 14. The number of rotatable bonds is 5. The van der Waals surface area contributed by atoms with E-state index in [4.69, 9.17) is 24.8 Å². The van der Waals surface area contributed by atoms with Gasteiger partial charge in [-0.1, -0.05) is 32.5 Å². The fourth-order valence-corrected chi connectivity index (χ4v) is 10.4. The number of carboxylic acids is 1. The van der Waals surface area contributed by atoms with E-state index in [1.807, 2.05) is 44.2 Å². The summed E-state index contributed by atoms with van der Waals surface area (Å²) in [5.74, 6) is -1.80. The molecule has 63 heavy (non-hydrogen) atoms. The van der Waals surface area contributed by atoms with Crippen LogP contribution in [0.4, 0.5) is 22.7 Å². The maximum atomic E-state index is 13.1. The summed E-state index contributed by atoms with van der Waals surface area (Å²) in [4.78, 5) is 41.7. The quantitative estimate of drug-likeness (QED) is 0.0435. The number of hydrogen-bond donors (Lipinski definition) is 3. The van der Waals surface area contributed by atoms with E-state index in [0.717, 1.165) is 46.0 Å². The number of carbonyl (C=O) groups excluding carboxylic acids is 2. The molecule has 3 N–H and O–H groups in total. The summed E-state index contributed by atoms with van der Waals surface area (Å²) in [6.07, 6.45) is 8.13. The predicted molar refractivity (Wildman–Crippen MR) is 243 cm³/mol. The van der Waals surface area contributed by atoms with E-state index >= 15 is 0 Å². The third-order valence-electron chi connectivity index (χ3n) is 12.0. The Balaban J connectivity index is 1.27. The summed E-state index contributed by atoms with van der Waals surface area (Å²) in [5.41, 5.74) is 5.69. The number of nitrogens with zero attached hydrogens (tertiary/aromatic N) is 2. The van der Waals surface area contributed by atoms with Crippen molar-refractivity contribution in [2.24, 2.45) is 0 Å². The Hall–Kier alpha value is -4.79. The molecular weight excluding hydrogens is 885 g/mol. The van der Waals surface area contributed by atoms with Crippen molar-refractivity contribution in [1.82, 2.24) is 0 Å². The fraction of sp³-hybridized carbons (Fsp3) is 0.356. The first-order valence-corrected chi connectivity index (χ1v) is 23.5. The Labute approximate surface area is 381 Å². The highest BCUT2D eigenvalue weighted by atomic mass is 32.2. The van der Waals surface area contributed by atoms with Crippen LogP contribution in [0, 0.1) is 0 Å². The Bertz CT molecular complexity index is 2670. The third-order valence-corrected chi connectivity index (χ3v) is 14.3. The van der Waals surface area contributed by atoms with Gasteiger partial charge in [-0.15, -0.1) is 0 Å². The Morgan fingerprint density at radius 3 is 2.17 bits per heavy atom.